The Morgan fingerprint density at radius 2 is 1.03 bits per heavy atom. The third-order valence-corrected chi connectivity index (χ3v) is 4.06. The van der Waals surface area contributed by atoms with Crippen LogP contribution in [0.2, 0.25) is 0 Å². The lowest BCUT2D eigenvalue weighted by molar-refractivity contribution is 0.0982. The van der Waals surface area contributed by atoms with Gasteiger partial charge >= 0.3 is 24.4 Å². The minimum absolute atomic E-state index is 0.0687. The second-order valence-electron chi connectivity index (χ2n) is 6.95. The van der Waals surface area contributed by atoms with Crippen molar-refractivity contribution in [3.63, 3.8) is 0 Å². The lowest BCUT2D eigenvalue weighted by Crippen LogP contribution is -2.42. The summed E-state index contributed by atoms with van der Waals surface area (Å²) < 4.78 is 19.6. The monoisotopic (exact) mass is 488 g/mol. The molecule has 0 radical (unpaired) electrons. The van der Waals surface area contributed by atoms with Gasteiger partial charge in [-0.1, -0.05) is 36.4 Å². The van der Waals surface area contributed by atoms with E-state index in [4.69, 9.17) is 18.9 Å². The molecule has 1 unspecified atom stereocenters. The van der Waals surface area contributed by atoms with Crippen molar-refractivity contribution in [1.29, 1.82) is 0 Å². The van der Waals surface area contributed by atoms with Crippen LogP contribution in [0.15, 0.2) is 60.7 Å². The fraction of sp³-hybridized carbons (Fsp3) is 0.304. The van der Waals surface area contributed by atoms with Gasteiger partial charge in [-0.25, -0.2) is 19.2 Å². The third-order valence-electron chi connectivity index (χ3n) is 4.06. The van der Waals surface area contributed by atoms with E-state index in [-0.39, 0.29) is 33.0 Å². The van der Waals surface area contributed by atoms with E-state index < -0.39 is 30.4 Å². The van der Waals surface area contributed by atoms with Crippen LogP contribution in [0, 0.1) is 0 Å². The van der Waals surface area contributed by atoms with Gasteiger partial charge in [0.2, 0.25) is 0 Å². The molecule has 2 rings (SSSR count). The SMILES string of the molecule is CC(CNC(=O)OCCOC(=O)Nc1ccccc1)NC(=O)OCCOC(=O)Nc1ccccc1. The number of rotatable bonds is 11. The highest BCUT2D eigenvalue weighted by Gasteiger charge is 2.11. The minimum Gasteiger partial charge on any atom is -0.446 e. The molecule has 0 saturated carbocycles. The maximum atomic E-state index is 11.8. The van der Waals surface area contributed by atoms with Crippen LogP contribution < -0.4 is 21.3 Å². The van der Waals surface area contributed by atoms with E-state index in [0.29, 0.717) is 11.4 Å². The highest BCUT2D eigenvalue weighted by atomic mass is 16.6. The predicted octanol–water partition coefficient (Wildman–Crippen LogP) is 3.32. The fourth-order valence-electron chi connectivity index (χ4n) is 2.47. The van der Waals surface area contributed by atoms with Crippen molar-refractivity contribution < 1.29 is 38.1 Å². The molecule has 35 heavy (non-hydrogen) atoms. The van der Waals surface area contributed by atoms with Crippen molar-refractivity contribution in [2.45, 2.75) is 13.0 Å². The number of benzene rings is 2. The normalized spacial score (nSPS) is 10.8. The Hall–Kier alpha value is -4.48. The number of carbonyl (C=O) groups is 4. The smallest absolute Gasteiger partial charge is 0.411 e. The molecular formula is C23H28N4O8. The number of para-hydroxylation sites is 2. The van der Waals surface area contributed by atoms with Crippen molar-refractivity contribution in [3.8, 4) is 0 Å². The lowest BCUT2D eigenvalue weighted by atomic mass is 10.3. The van der Waals surface area contributed by atoms with Crippen LogP contribution in [0.25, 0.3) is 0 Å². The van der Waals surface area contributed by atoms with Crippen molar-refractivity contribution in [2.75, 3.05) is 43.6 Å². The maximum Gasteiger partial charge on any atom is 0.411 e. The second-order valence-corrected chi connectivity index (χ2v) is 6.95. The fourth-order valence-corrected chi connectivity index (χ4v) is 2.47. The first-order valence-corrected chi connectivity index (χ1v) is 10.7. The van der Waals surface area contributed by atoms with E-state index in [0.717, 1.165) is 0 Å². The zero-order valence-corrected chi connectivity index (χ0v) is 19.2. The molecule has 0 fully saturated rings. The summed E-state index contributed by atoms with van der Waals surface area (Å²) in [5.41, 5.74) is 1.16. The Morgan fingerprint density at radius 3 is 1.49 bits per heavy atom. The molecule has 188 valence electrons. The van der Waals surface area contributed by atoms with Gasteiger partial charge < -0.3 is 29.6 Å². The molecule has 0 heterocycles. The van der Waals surface area contributed by atoms with Gasteiger partial charge in [0.25, 0.3) is 0 Å². The first-order chi connectivity index (χ1) is 16.9. The molecule has 2 aromatic rings. The Balaban J connectivity index is 1.46. The summed E-state index contributed by atoms with van der Waals surface area (Å²) in [5, 5.41) is 10.0. The predicted molar refractivity (Wildman–Crippen MR) is 126 cm³/mol. The van der Waals surface area contributed by atoms with E-state index >= 15 is 0 Å². The van der Waals surface area contributed by atoms with E-state index in [1.807, 2.05) is 12.1 Å². The summed E-state index contributed by atoms with van der Waals surface area (Å²) in [6.07, 6.45) is -2.81. The van der Waals surface area contributed by atoms with Crippen LogP contribution in [0.5, 0.6) is 0 Å². The summed E-state index contributed by atoms with van der Waals surface area (Å²) in [5.74, 6) is 0. The molecule has 1 atom stereocenters. The Kier molecular flexibility index (Phi) is 11.8. The van der Waals surface area contributed by atoms with Crippen molar-refractivity contribution in [2.24, 2.45) is 0 Å². The van der Waals surface area contributed by atoms with Crippen LogP contribution in [-0.4, -0.2) is 63.4 Å². The topological polar surface area (TPSA) is 153 Å². The molecule has 0 aliphatic carbocycles. The molecule has 0 aliphatic heterocycles. The number of carbonyl (C=O) groups excluding carboxylic acids is 4. The van der Waals surface area contributed by atoms with Gasteiger partial charge in [-0.05, 0) is 31.2 Å². The molecular weight excluding hydrogens is 460 g/mol. The van der Waals surface area contributed by atoms with Crippen LogP contribution in [-0.2, 0) is 18.9 Å². The van der Waals surface area contributed by atoms with Crippen molar-refractivity contribution in [1.82, 2.24) is 10.6 Å². The van der Waals surface area contributed by atoms with Crippen LogP contribution in [0.4, 0.5) is 30.6 Å². The molecule has 4 amide bonds. The molecule has 0 bridgehead atoms. The molecule has 0 saturated heterocycles. The van der Waals surface area contributed by atoms with Gasteiger partial charge in [-0.15, -0.1) is 0 Å². The molecule has 4 N–H and O–H groups in total. The Bertz CT molecular complexity index is 943. The van der Waals surface area contributed by atoms with Crippen molar-refractivity contribution in [3.05, 3.63) is 60.7 Å². The average molecular weight is 488 g/mol. The highest BCUT2D eigenvalue weighted by molar-refractivity contribution is 5.85. The first kappa shape index (κ1) is 26.8. The number of hydrogen-bond acceptors (Lipinski definition) is 8. The lowest BCUT2D eigenvalue weighted by Gasteiger charge is -2.15. The largest absolute Gasteiger partial charge is 0.446 e. The average Bonchev–Trinajstić information content (AvgIpc) is 2.84. The van der Waals surface area contributed by atoms with E-state index in [1.165, 1.54) is 0 Å². The Labute approximate surface area is 202 Å². The molecule has 0 aliphatic rings. The summed E-state index contributed by atoms with van der Waals surface area (Å²) in [4.78, 5) is 46.7. The van der Waals surface area contributed by atoms with E-state index in [1.54, 1.807) is 55.5 Å². The van der Waals surface area contributed by atoms with Crippen molar-refractivity contribution >= 4 is 35.7 Å². The zero-order chi connectivity index (χ0) is 25.3. The summed E-state index contributed by atoms with van der Waals surface area (Å²) in [6, 6.07) is 17.0. The van der Waals surface area contributed by atoms with Gasteiger partial charge in [0.15, 0.2) is 0 Å². The van der Waals surface area contributed by atoms with Crippen LogP contribution >= 0.6 is 0 Å². The quantitative estimate of drug-likeness (QED) is 0.277. The summed E-state index contributed by atoms with van der Waals surface area (Å²) >= 11 is 0. The number of amides is 4. The number of nitrogens with one attached hydrogen (secondary N) is 4. The number of ether oxygens (including phenoxy) is 4. The number of hydrogen-bond donors (Lipinski definition) is 4. The van der Waals surface area contributed by atoms with Crippen LogP contribution in [0.3, 0.4) is 0 Å². The van der Waals surface area contributed by atoms with Gasteiger partial charge in [0.05, 0.1) is 0 Å². The van der Waals surface area contributed by atoms with E-state index in [9.17, 15) is 19.2 Å². The molecule has 2 aromatic carbocycles. The number of alkyl carbamates (subject to hydrolysis) is 2. The molecule has 12 nitrogen and oxygen atoms in total. The van der Waals surface area contributed by atoms with Gasteiger partial charge in [-0.3, -0.25) is 10.6 Å². The molecule has 0 aromatic heterocycles. The summed E-state index contributed by atoms with van der Waals surface area (Å²) in [6.45, 7) is 1.17. The van der Waals surface area contributed by atoms with E-state index in [2.05, 4.69) is 21.3 Å². The molecule has 12 heteroatoms. The minimum atomic E-state index is -0.739. The zero-order valence-electron chi connectivity index (χ0n) is 19.2. The first-order valence-electron chi connectivity index (χ1n) is 10.7. The van der Waals surface area contributed by atoms with Gasteiger partial charge in [0, 0.05) is 24.0 Å². The third kappa shape index (κ3) is 12.4. The summed E-state index contributed by atoms with van der Waals surface area (Å²) in [7, 11) is 0. The highest BCUT2D eigenvalue weighted by Crippen LogP contribution is 2.06. The second kappa shape index (κ2) is 15.4. The van der Waals surface area contributed by atoms with Gasteiger partial charge in [-0.2, -0.15) is 0 Å². The van der Waals surface area contributed by atoms with Gasteiger partial charge in [0.1, 0.15) is 26.4 Å². The standard InChI is InChI=1S/C23H28N4O8/c1-17(25-21(29)33-14-15-35-23(31)27-19-10-6-3-7-11-19)16-24-20(28)32-12-13-34-22(30)26-18-8-4-2-5-9-18/h2-11,17H,12-16H2,1H3,(H,24,28)(H,25,29)(H,26,30)(H,27,31). The molecule has 0 spiro atoms. The maximum absolute atomic E-state index is 11.8. The Morgan fingerprint density at radius 1 is 0.629 bits per heavy atom. The van der Waals surface area contributed by atoms with Crippen LogP contribution in [0.1, 0.15) is 6.92 Å². The number of anilines is 2.